The predicted molar refractivity (Wildman–Crippen MR) is 81.1 cm³/mol. The van der Waals surface area contributed by atoms with Gasteiger partial charge < -0.3 is 10.6 Å². The van der Waals surface area contributed by atoms with Crippen LogP contribution in [0, 0.1) is 12.8 Å². The number of carbonyl (C=O) groups excluding carboxylic acids is 1. The van der Waals surface area contributed by atoms with Crippen molar-refractivity contribution in [2.24, 2.45) is 13.0 Å². The Morgan fingerprint density at radius 3 is 2.95 bits per heavy atom. The summed E-state index contributed by atoms with van der Waals surface area (Å²) in [4.78, 5) is 12.1. The lowest BCUT2D eigenvalue weighted by Gasteiger charge is -2.22. The second-order valence-corrected chi connectivity index (χ2v) is 5.79. The summed E-state index contributed by atoms with van der Waals surface area (Å²) in [6.45, 7) is 4.06. The minimum absolute atomic E-state index is 0.0438. The Kier molecular flexibility index (Phi) is 3.92. The van der Waals surface area contributed by atoms with Gasteiger partial charge in [-0.3, -0.25) is 9.89 Å². The number of fused-ring (bicyclic) bond motifs is 1. The molecule has 1 fully saturated rings. The summed E-state index contributed by atoms with van der Waals surface area (Å²) < 4.78 is 1.71. The number of nitrogens with zero attached hydrogens (tertiary/aromatic N) is 3. The molecule has 2 aromatic rings. The van der Waals surface area contributed by atoms with Crippen LogP contribution in [0.3, 0.4) is 0 Å². The van der Waals surface area contributed by atoms with Crippen LogP contribution in [0.2, 0.25) is 0 Å². The highest BCUT2D eigenvalue weighted by Crippen LogP contribution is 2.24. The molecular formula is C14H22N6O. The van der Waals surface area contributed by atoms with Crippen molar-refractivity contribution in [1.29, 1.82) is 0 Å². The van der Waals surface area contributed by atoms with Gasteiger partial charge in [-0.05, 0) is 45.2 Å². The smallest absolute Gasteiger partial charge is 0.225 e. The average molecular weight is 290 g/mol. The van der Waals surface area contributed by atoms with Gasteiger partial charge in [0.1, 0.15) is 5.82 Å². The first-order valence-electron chi connectivity index (χ1n) is 7.53. The lowest BCUT2D eigenvalue weighted by Crippen LogP contribution is -2.28. The van der Waals surface area contributed by atoms with Gasteiger partial charge >= 0.3 is 0 Å². The van der Waals surface area contributed by atoms with Crippen LogP contribution in [0.25, 0.3) is 11.0 Å². The number of hydrogen-bond donors (Lipinski definition) is 3. The summed E-state index contributed by atoms with van der Waals surface area (Å²) in [6, 6.07) is 0. The summed E-state index contributed by atoms with van der Waals surface area (Å²) in [7, 11) is 1.85. The molecule has 1 aliphatic heterocycles. The Bertz CT molecular complexity index is 637. The van der Waals surface area contributed by atoms with Crippen molar-refractivity contribution in [3.8, 4) is 0 Å². The van der Waals surface area contributed by atoms with Crippen molar-refractivity contribution in [2.75, 3.05) is 18.4 Å². The molecule has 2 aromatic heterocycles. The van der Waals surface area contributed by atoms with Crippen LogP contribution in [0.1, 0.15) is 31.4 Å². The third-order valence-electron chi connectivity index (χ3n) is 4.22. The van der Waals surface area contributed by atoms with Crippen molar-refractivity contribution in [3.63, 3.8) is 0 Å². The number of piperidine rings is 1. The van der Waals surface area contributed by atoms with E-state index in [4.69, 9.17) is 0 Å². The molecule has 0 atom stereocenters. The zero-order valence-corrected chi connectivity index (χ0v) is 12.6. The Labute approximate surface area is 123 Å². The number of hydrogen-bond acceptors (Lipinski definition) is 4. The Balaban J connectivity index is 1.61. The third-order valence-corrected chi connectivity index (χ3v) is 4.22. The maximum absolute atomic E-state index is 12.1. The highest BCUT2D eigenvalue weighted by molar-refractivity contribution is 5.99. The molecule has 0 radical (unpaired) electrons. The van der Waals surface area contributed by atoms with Gasteiger partial charge in [0.05, 0.1) is 11.1 Å². The van der Waals surface area contributed by atoms with E-state index in [1.54, 1.807) is 4.68 Å². The topological polar surface area (TPSA) is 87.6 Å². The fourth-order valence-electron chi connectivity index (χ4n) is 3.03. The average Bonchev–Trinajstić information content (AvgIpc) is 3.01. The summed E-state index contributed by atoms with van der Waals surface area (Å²) in [5.41, 5.74) is 1.64. The number of carbonyl (C=O) groups is 1. The number of aryl methyl sites for hydroxylation is 2. The monoisotopic (exact) mass is 290 g/mol. The lowest BCUT2D eigenvalue weighted by molar-refractivity contribution is -0.116. The first-order valence-corrected chi connectivity index (χ1v) is 7.53. The van der Waals surface area contributed by atoms with Gasteiger partial charge in [0.15, 0.2) is 5.65 Å². The van der Waals surface area contributed by atoms with Crippen molar-refractivity contribution in [2.45, 2.75) is 32.6 Å². The van der Waals surface area contributed by atoms with Crippen LogP contribution in [-0.2, 0) is 11.8 Å². The van der Waals surface area contributed by atoms with E-state index in [0.717, 1.165) is 36.2 Å². The van der Waals surface area contributed by atoms with E-state index < -0.39 is 0 Å². The van der Waals surface area contributed by atoms with E-state index in [9.17, 15) is 4.79 Å². The second-order valence-electron chi connectivity index (χ2n) is 5.79. The second kappa shape index (κ2) is 5.85. The minimum Gasteiger partial charge on any atom is -0.317 e. The van der Waals surface area contributed by atoms with Crippen LogP contribution in [0.15, 0.2) is 0 Å². The number of rotatable bonds is 4. The molecule has 3 heterocycles. The van der Waals surface area contributed by atoms with Gasteiger partial charge in [-0.1, -0.05) is 0 Å². The van der Waals surface area contributed by atoms with E-state index in [2.05, 4.69) is 25.9 Å². The fourth-order valence-corrected chi connectivity index (χ4v) is 3.03. The first kappa shape index (κ1) is 14.1. The SMILES string of the molecule is Cc1nn(C)c2n[nH]c(NC(=O)CCC3CCNCC3)c12. The van der Waals surface area contributed by atoms with Gasteiger partial charge in [-0.25, -0.2) is 4.68 Å². The molecular weight excluding hydrogens is 268 g/mol. The van der Waals surface area contributed by atoms with Crippen molar-refractivity contribution < 1.29 is 4.79 Å². The number of aromatic amines is 1. The lowest BCUT2D eigenvalue weighted by atomic mass is 9.93. The molecule has 7 heteroatoms. The highest BCUT2D eigenvalue weighted by Gasteiger charge is 2.17. The summed E-state index contributed by atoms with van der Waals surface area (Å²) in [6.07, 6.45) is 3.86. The molecule has 0 saturated carbocycles. The summed E-state index contributed by atoms with van der Waals surface area (Å²) in [5, 5.41) is 18.6. The first-order chi connectivity index (χ1) is 10.1. The maximum atomic E-state index is 12.1. The molecule has 7 nitrogen and oxygen atoms in total. The summed E-state index contributed by atoms with van der Waals surface area (Å²) in [5.74, 6) is 1.37. The molecule has 114 valence electrons. The van der Waals surface area contributed by atoms with Gasteiger partial charge in [-0.2, -0.15) is 10.2 Å². The maximum Gasteiger partial charge on any atom is 0.225 e. The highest BCUT2D eigenvalue weighted by atomic mass is 16.1. The van der Waals surface area contributed by atoms with Crippen molar-refractivity contribution >= 4 is 22.8 Å². The fraction of sp³-hybridized carbons (Fsp3) is 0.643. The largest absolute Gasteiger partial charge is 0.317 e. The molecule has 0 bridgehead atoms. The van der Waals surface area contributed by atoms with E-state index in [1.165, 1.54) is 12.8 Å². The molecule has 1 amide bonds. The van der Waals surface area contributed by atoms with Gasteiger partial charge in [0, 0.05) is 13.5 Å². The predicted octanol–water partition coefficient (Wildman–Crippen LogP) is 1.32. The molecule has 1 saturated heterocycles. The number of nitrogens with one attached hydrogen (secondary N) is 3. The molecule has 1 aliphatic rings. The van der Waals surface area contributed by atoms with Gasteiger partial charge in [0.25, 0.3) is 0 Å². The van der Waals surface area contributed by atoms with E-state index in [0.29, 0.717) is 18.2 Å². The number of amides is 1. The molecule has 0 aromatic carbocycles. The van der Waals surface area contributed by atoms with Gasteiger partial charge in [-0.15, -0.1) is 0 Å². The molecule has 3 rings (SSSR count). The molecule has 3 N–H and O–H groups in total. The standard InChI is InChI=1S/C14H22N6O/c1-9-12-13(17-18-14(12)20(2)19-9)16-11(21)4-3-10-5-7-15-8-6-10/h10,15H,3-8H2,1-2H3,(H2,16,17,18,21). The minimum atomic E-state index is 0.0438. The Morgan fingerprint density at radius 1 is 1.43 bits per heavy atom. The van der Waals surface area contributed by atoms with Crippen LogP contribution in [-0.4, -0.2) is 39.0 Å². The summed E-state index contributed by atoms with van der Waals surface area (Å²) >= 11 is 0. The number of H-pyrrole nitrogens is 1. The molecule has 0 spiro atoms. The van der Waals surface area contributed by atoms with Gasteiger partial charge in [0.2, 0.25) is 5.91 Å². The zero-order valence-electron chi connectivity index (χ0n) is 12.6. The third kappa shape index (κ3) is 2.92. The Morgan fingerprint density at radius 2 is 2.19 bits per heavy atom. The van der Waals surface area contributed by atoms with Crippen LogP contribution < -0.4 is 10.6 Å². The van der Waals surface area contributed by atoms with E-state index in [1.807, 2.05) is 14.0 Å². The van der Waals surface area contributed by atoms with Crippen LogP contribution in [0.4, 0.5) is 5.82 Å². The quantitative estimate of drug-likeness (QED) is 0.792. The number of anilines is 1. The Hall–Kier alpha value is -1.89. The van der Waals surface area contributed by atoms with Crippen LogP contribution in [0.5, 0.6) is 0 Å². The van der Waals surface area contributed by atoms with Crippen molar-refractivity contribution in [3.05, 3.63) is 5.69 Å². The number of aromatic nitrogens is 4. The molecule has 21 heavy (non-hydrogen) atoms. The normalized spacial score (nSPS) is 16.5. The molecule has 0 aliphatic carbocycles. The zero-order chi connectivity index (χ0) is 14.8. The van der Waals surface area contributed by atoms with E-state index in [-0.39, 0.29) is 5.91 Å². The molecule has 0 unspecified atom stereocenters. The van der Waals surface area contributed by atoms with E-state index >= 15 is 0 Å². The van der Waals surface area contributed by atoms with Crippen LogP contribution >= 0.6 is 0 Å². The van der Waals surface area contributed by atoms with Crippen molar-refractivity contribution in [1.82, 2.24) is 25.3 Å².